The van der Waals surface area contributed by atoms with E-state index in [9.17, 15) is 9.59 Å². The van der Waals surface area contributed by atoms with E-state index >= 15 is 0 Å². The van der Waals surface area contributed by atoms with Crippen molar-refractivity contribution in [2.24, 2.45) is 5.41 Å². The van der Waals surface area contributed by atoms with Gasteiger partial charge in [-0.05, 0) is 37.2 Å². The number of hydrogen-bond acceptors (Lipinski definition) is 4. The molecular weight excluding hydrogens is 342 g/mol. The number of piperidine rings is 2. The van der Waals surface area contributed by atoms with E-state index in [2.05, 4.69) is 4.98 Å². The summed E-state index contributed by atoms with van der Waals surface area (Å²) in [4.78, 5) is 33.3. The molecule has 1 atom stereocenters. The van der Waals surface area contributed by atoms with Crippen molar-refractivity contribution >= 4 is 11.8 Å². The fraction of sp³-hybridized carbons (Fsp3) is 0.476. The maximum absolute atomic E-state index is 12.8. The highest BCUT2D eigenvalue weighted by Gasteiger charge is 2.45. The lowest BCUT2D eigenvalue weighted by atomic mass is 9.67. The van der Waals surface area contributed by atoms with Gasteiger partial charge in [0, 0.05) is 26.7 Å². The van der Waals surface area contributed by atoms with Crippen LogP contribution >= 0.6 is 0 Å². The van der Waals surface area contributed by atoms with Crippen LogP contribution in [0.5, 0.6) is 0 Å². The van der Waals surface area contributed by atoms with Crippen molar-refractivity contribution in [3.63, 3.8) is 0 Å². The average molecular weight is 367 g/mol. The summed E-state index contributed by atoms with van der Waals surface area (Å²) >= 11 is 0. The highest BCUT2D eigenvalue weighted by atomic mass is 16.3. The largest absolute Gasteiger partial charge is 0.448 e. The molecule has 3 heterocycles. The lowest BCUT2D eigenvalue weighted by Gasteiger charge is -2.49. The van der Waals surface area contributed by atoms with Gasteiger partial charge in [0.05, 0.1) is 5.92 Å². The maximum atomic E-state index is 12.8. The van der Waals surface area contributed by atoms with Crippen LogP contribution in [0.4, 0.5) is 0 Å². The third-order valence-corrected chi connectivity index (χ3v) is 6.14. The number of aromatic nitrogens is 1. The molecule has 0 N–H and O–H groups in total. The lowest BCUT2D eigenvalue weighted by molar-refractivity contribution is -0.139. The second-order valence-corrected chi connectivity index (χ2v) is 7.91. The standard InChI is InChI=1S/C21H25N3O3/c1-15-18(22-14-27-15)20(26)24-10-8-21(9-11-24)12-17(19(25)23(2)13-21)16-6-4-3-5-7-16/h3-7,14,17H,8-13H2,1-2H3/t17-/m0/s1. The zero-order valence-electron chi connectivity index (χ0n) is 15.9. The molecule has 2 fully saturated rings. The minimum absolute atomic E-state index is 0.0593. The molecule has 6 heteroatoms. The number of carbonyl (C=O) groups is 2. The Morgan fingerprint density at radius 3 is 2.56 bits per heavy atom. The first-order valence-corrected chi connectivity index (χ1v) is 9.48. The van der Waals surface area contributed by atoms with Crippen LogP contribution in [-0.2, 0) is 4.79 Å². The average Bonchev–Trinajstić information content (AvgIpc) is 3.11. The van der Waals surface area contributed by atoms with Gasteiger partial charge in [-0.15, -0.1) is 0 Å². The van der Waals surface area contributed by atoms with E-state index in [1.165, 1.54) is 6.39 Å². The predicted octanol–water partition coefficient (Wildman–Crippen LogP) is 2.85. The molecule has 2 amide bonds. The van der Waals surface area contributed by atoms with Crippen LogP contribution < -0.4 is 0 Å². The van der Waals surface area contributed by atoms with Crippen LogP contribution in [0.15, 0.2) is 41.1 Å². The molecule has 0 bridgehead atoms. The van der Waals surface area contributed by atoms with Crippen LogP contribution in [0.25, 0.3) is 0 Å². The summed E-state index contributed by atoms with van der Waals surface area (Å²) in [6, 6.07) is 10.0. The van der Waals surface area contributed by atoms with Crippen LogP contribution in [0.1, 0.15) is 47.0 Å². The molecule has 1 aromatic heterocycles. The van der Waals surface area contributed by atoms with E-state index in [1.54, 1.807) is 6.92 Å². The normalized spacial score (nSPS) is 22.3. The van der Waals surface area contributed by atoms with Crippen molar-refractivity contribution in [3.05, 3.63) is 53.7 Å². The number of likely N-dealkylation sites (N-methyl/N-ethyl adjacent to an activating group) is 1. The summed E-state index contributed by atoms with van der Waals surface area (Å²) in [5, 5.41) is 0. The van der Waals surface area contributed by atoms with Gasteiger partial charge in [0.25, 0.3) is 5.91 Å². The van der Waals surface area contributed by atoms with Crippen LogP contribution in [0, 0.1) is 12.3 Å². The molecule has 0 aliphatic carbocycles. The summed E-state index contributed by atoms with van der Waals surface area (Å²) in [5.41, 5.74) is 1.56. The highest BCUT2D eigenvalue weighted by Crippen LogP contribution is 2.45. The Morgan fingerprint density at radius 1 is 1.22 bits per heavy atom. The van der Waals surface area contributed by atoms with E-state index < -0.39 is 0 Å². The van der Waals surface area contributed by atoms with Crippen molar-refractivity contribution in [2.45, 2.75) is 32.1 Å². The summed E-state index contributed by atoms with van der Waals surface area (Å²) in [6.45, 7) is 3.90. The minimum atomic E-state index is -0.0926. The SMILES string of the molecule is Cc1ocnc1C(=O)N1CCC2(CC1)C[C@@H](c1ccccc1)C(=O)N(C)C2. The van der Waals surface area contributed by atoms with Gasteiger partial charge in [-0.25, -0.2) is 4.98 Å². The monoisotopic (exact) mass is 367 g/mol. The van der Waals surface area contributed by atoms with Gasteiger partial charge < -0.3 is 14.2 Å². The van der Waals surface area contributed by atoms with E-state index in [1.807, 2.05) is 47.2 Å². The van der Waals surface area contributed by atoms with Gasteiger partial charge >= 0.3 is 0 Å². The first-order chi connectivity index (χ1) is 13.0. The first-order valence-electron chi connectivity index (χ1n) is 9.48. The number of benzene rings is 1. The number of likely N-dealkylation sites (tertiary alicyclic amines) is 2. The number of oxazole rings is 1. The molecule has 2 aliphatic rings. The minimum Gasteiger partial charge on any atom is -0.448 e. The van der Waals surface area contributed by atoms with E-state index in [0.717, 1.165) is 31.4 Å². The summed E-state index contributed by atoms with van der Waals surface area (Å²) in [6.07, 6.45) is 3.97. The van der Waals surface area contributed by atoms with Gasteiger partial charge in [-0.2, -0.15) is 0 Å². The van der Waals surface area contributed by atoms with Crippen molar-refractivity contribution in [3.8, 4) is 0 Å². The Bertz CT molecular complexity index is 837. The first kappa shape index (κ1) is 17.8. The zero-order chi connectivity index (χ0) is 19.0. The molecular formula is C21H25N3O3. The van der Waals surface area contributed by atoms with Gasteiger partial charge in [0.2, 0.25) is 5.91 Å². The number of amides is 2. The molecule has 27 heavy (non-hydrogen) atoms. The molecule has 1 spiro atoms. The smallest absolute Gasteiger partial charge is 0.276 e. The lowest BCUT2D eigenvalue weighted by Crippen LogP contribution is -2.53. The number of carbonyl (C=O) groups excluding carboxylic acids is 2. The molecule has 142 valence electrons. The fourth-order valence-corrected chi connectivity index (χ4v) is 4.58. The second-order valence-electron chi connectivity index (χ2n) is 7.91. The van der Waals surface area contributed by atoms with Crippen molar-refractivity contribution < 1.29 is 14.0 Å². The van der Waals surface area contributed by atoms with Crippen LogP contribution in [0.2, 0.25) is 0 Å². The van der Waals surface area contributed by atoms with Crippen molar-refractivity contribution in [2.75, 3.05) is 26.7 Å². The maximum Gasteiger partial charge on any atom is 0.276 e. The summed E-state index contributed by atoms with van der Waals surface area (Å²) in [5.74, 6) is 0.608. The molecule has 2 aliphatic heterocycles. The van der Waals surface area contributed by atoms with Gasteiger partial charge in [-0.1, -0.05) is 30.3 Å². The van der Waals surface area contributed by atoms with Gasteiger partial charge in [0.1, 0.15) is 5.76 Å². The number of hydrogen-bond donors (Lipinski definition) is 0. The van der Waals surface area contributed by atoms with Crippen molar-refractivity contribution in [1.29, 1.82) is 0 Å². The highest BCUT2D eigenvalue weighted by molar-refractivity contribution is 5.93. The van der Waals surface area contributed by atoms with Crippen LogP contribution in [0.3, 0.4) is 0 Å². The molecule has 6 nitrogen and oxygen atoms in total. The molecule has 4 rings (SSSR count). The number of nitrogens with zero attached hydrogens (tertiary/aromatic N) is 3. The summed E-state index contributed by atoms with van der Waals surface area (Å²) in [7, 11) is 1.90. The van der Waals surface area contributed by atoms with E-state index in [4.69, 9.17) is 4.42 Å². The zero-order valence-corrected chi connectivity index (χ0v) is 15.9. The Kier molecular flexibility index (Phi) is 4.50. The molecule has 0 saturated carbocycles. The van der Waals surface area contributed by atoms with Crippen LogP contribution in [-0.4, -0.2) is 53.3 Å². The Morgan fingerprint density at radius 2 is 1.93 bits per heavy atom. The van der Waals surface area contributed by atoms with Crippen molar-refractivity contribution in [1.82, 2.24) is 14.8 Å². The van der Waals surface area contributed by atoms with Gasteiger partial charge in [-0.3, -0.25) is 9.59 Å². The number of rotatable bonds is 2. The molecule has 0 unspecified atom stereocenters. The molecule has 2 aromatic rings. The quantitative estimate of drug-likeness (QED) is 0.819. The van der Waals surface area contributed by atoms with E-state index in [-0.39, 0.29) is 23.1 Å². The molecule has 1 aromatic carbocycles. The predicted molar refractivity (Wildman–Crippen MR) is 100 cm³/mol. The fourth-order valence-electron chi connectivity index (χ4n) is 4.58. The van der Waals surface area contributed by atoms with Gasteiger partial charge in [0.15, 0.2) is 12.1 Å². The Labute approximate surface area is 159 Å². The van der Waals surface area contributed by atoms with E-state index in [0.29, 0.717) is 24.5 Å². The Hall–Kier alpha value is -2.63. The Balaban J connectivity index is 1.49. The molecule has 2 saturated heterocycles. The third-order valence-electron chi connectivity index (χ3n) is 6.14. The second kappa shape index (κ2) is 6.83. The summed E-state index contributed by atoms with van der Waals surface area (Å²) < 4.78 is 5.17. The third kappa shape index (κ3) is 3.24. The number of aryl methyl sites for hydroxylation is 1. The topological polar surface area (TPSA) is 66.7 Å². The molecule has 0 radical (unpaired) electrons.